The third kappa shape index (κ3) is 2.81. The smallest absolute Gasteiger partial charge is 0.177 e. The molecule has 1 fully saturated rings. The molecule has 0 N–H and O–H groups in total. The van der Waals surface area contributed by atoms with E-state index in [4.69, 9.17) is 0 Å². The molecule has 4 aromatic rings. The molecule has 0 aliphatic carbocycles. The van der Waals surface area contributed by atoms with Gasteiger partial charge in [-0.1, -0.05) is 18.2 Å². The number of fused-ring (bicyclic) bond motifs is 2. The molecule has 3 aromatic heterocycles. The third-order valence-electron chi connectivity index (χ3n) is 5.44. The van der Waals surface area contributed by atoms with Gasteiger partial charge in [0.2, 0.25) is 0 Å². The summed E-state index contributed by atoms with van der Waals surface area (Å²) in [7, 11) is 0. The van der Waals surface area contributed by atoms with Gasteiger partial charge in [-0.15, -0.1) is 10.2 Å². The molecule has 0 radical (unpaired) electrons. The predicted octanol–water partition coefficient (Wildman–Crippen LogP) is 3.67. The van der Waals surface area contributed by atoms with E-state index in [0.29, 0.717) is 5.92 Å². The zero-order valence-electron chi connectivity index (χ0n) is 15.6. The highest BCUT2D eigenvalue weighted by Gasteiger charge is 2.26. The quantitative estimate of drug-likeness (QED) is 0.547. The molecule has 6 heteroatoms. The highest BCUT2D eigenvalue weighted by atomic mass is 15.4. The van der Waals surface area contributed by atoms with Crippen LogP contribution in [0.5, 0.6) is 0 Å². The number of hydrogen-bond donors (Lipinski definition) is 0. The summed E-state index contributed by atoms with van der Waals surface area (Å²) in [4.78, 5) is 7.15. The van der Waals surface area contributed by atoms with Gasteiger partial charge in [0.25, 0.3) is 0 Å². The lowest BCUT2D eigenvalue weighted by Gasteiger charge is -2.33. The molecule has 1 aliphatic heterocycles. The summed E-state index contributed by atoms with van der Waals surface area (Å²) in [6.45, 7) is 6.07. The van der Waals surface area contributed by atoms with E-state index in [1.54, 1.807) is 0 Å². The number of benzene rings is 1. The lowest BCUT2D eigenvalue weighted by Crippen LogP contribution is -2.33. The third-order valence-corrected chi connectivity index (χ3v) is 5.44. The van der Waals surface area contributed by atoms with Gasteiger partial charge in [-0.2, -0.15) is 9.61 Å². The lowest BCUT2D eigenvalue weighted by molar-refractivity contribution is 0.477. The number of piperidine rings is 1. The average molecular weight is 358 g/mol. The van der Waals surface area contributed by atoms with Gasteiger partial charge in [0.1, 0.15) is 0 Å². The van der Waals surface area contributed by atoms with Crippen molar-refractivity contribution in [1.29, 1.82) is 0 Å². The van der Waals surface area contributed by atoms with E-state index in [1.807, 2.05) is 23.6 Å². The first-order chi connectivity index (χ1) is 13.2. The van der Waals surface area contributed by atoms with Gasteiger partial charge >= 0.3 is 0 Å². The maximum atomic E-state index is 4.67. The number of aryl methyl sites for hydroxylation is 2. The predicted molar refractivity (Wildman–Crippen MR) is 106 cm³/mol. The Morgan fingerprint density at radius 2 is 1.74 bits per heavy atom. The van der Waals surface area contributed by atoms with Crippen molar-refractivity contribution < 1.29 is 0 Å². The molecule has 0 saturated carbocycles. The van der Waals surface area contributed by atoms with E-state index in [9.17, 15) is 0 Å². The van der Waals surface area contributed by atoms with E-state index in [1.165, 1.54) is 11.1 Å². The van der Waals surface area contributed by atoms with Crippen molar-refractivity contribution in [1.82, 2.24) is 24.8 Å². The molecule has 0 amide bonds. The molecule has 5 rings (SSSR count). The van der Waals surface area contributed by atoms with Crippen molar-refractivity contribution in [2.75, 3.05) is 18.0 Å². The summed E-state index contributed by atoms with van der Waals surface area (Å²) in [6, 6.07) is 14.6. The summed E-state index contributed by atoms with van der Waals surface area (Å²) in [5.41, 5.74) is 5.23. The number of hydrogen-bond acceptors (Lipinski definition) is 5. The number of nitrogens with zero attached hydrogens (tertiary/aromatic N) is 6. The van der Waals surface area contributed by atoms with E-state index >= 15 is 0 Å². The maximum Gasteiger partial charge on any atom is 0.177 e. The molecule has 1 saturated heterocycles. The summed E-state index contributed by atoms with van der Waals surface area (Å²) >= 11 is 0. The average Bonchev–Trinajstić information content (AvgIpc) is 3.10. The van der Waals surface area contributed by atoms with Crippen molar-refractivity contribution in [3.8, 4) is 0 Å². The van der Waals surface area contributed by atoms with E-state index in [-0.39, 0.29) is 0 Å². The Bertz CT molecular complexity index is 1120. The van der Waals surface area contributed by atoms with Crippen LogP contribution in [0.25, 0.3) is 16.6 Å². The standard InChI is InChI=1S/C21H22N6/c1-14-7-8-20-23-24-21(27(20)25-14)16-9-11-26(12-10-16)19-13-15(2)22-18-6-4-3-5-17(18)19/h3-8,13,16H,9-12H2,1-2H3. The Morgan fingerprint density at radius 3 is 2.59 bits per heavy atom. The largest absolute Gasteiger partial charge is 0.371 e. The van der Waals surface area contributed by atoms with Crippen molar-refractivity contribution in [3.05, 3.63) is 59.7 Å². The monoisotopic (exact) mass is 358 g/mol. The summed E-state index contributed by atoms with van der Waals surface area (Å²) < 4.78 is 1.92. The number of rotatable bonds is 2. The van der Waals surface area contributed by atoms with Gasteiger partial charge in [-0.05, 0) is 51.0 Å². The Hall–Kier alpha value is -3.02. The van der Waals surface area contributed by atoms with Gasteiger partial charge < -0.3 is 4.90 Å². The van der Waals surface area contributed by atoms with Crippen LogP contribution in [0.3, 0.4) is 0 Å². The van der Waals surface area contributed by atoms with Crippen LogP contribution >= 0.6 is 0 Å². The fourth-order valence-corrected chi connectivity index (χ4v) is 4.08. The number of aromatic nitrogens is 5. The van der Waals surface area contributed by atoms with Gasteiger partial charge in [-0.3, -0.25) is 4.98 Å². The van der Waals surface area contributed by atoms with E-state index in [2.05, 4.69) is 62.4 Å². The molecule has 0 atom stereocenters. The van der Waals surface area contributed by atoms with Crippen molar-refractivity contribution >= 4 is 22.2 Å². The SMILES string of the molecule is Cc1cc(N2CCC(c3nnc4ccc(C)nn34)CC2)c2ccccc2n1. The van der Waals surface area contributed by atoms with Crippen LogP contribution in [-0.4, -0.2) is 37.9 Å². The number of anilines is 1. The molecule has 0 spiro atoms. The Kier molecular flexibility index (Phi) is 3.77. The van der Waals surface area contributed by atoms with Crippen LogP contribution in [-0.2, 0) is 0 Å². The molecule has 136 valence electrons. The van der Waals surface area contributed by atoms with Crippen LogP contribution in [0.1, 0.15) is 36.0 Å². The van der Waals surface area contributed by atoms with Gasteiger partial charge in [0.15, 0.2) is 11.5 Å². The number of pyridine rings is 1. The second kappa shape index (κ2) is 6.30. The summed E-state index contributed by atoms with van der Waals surface area (Å²) in [6.07, 6.45) is 2.10. The van der Waals surface area contributed by atoms with E-state index in [0.717, 1.165) is 54.3 Å². The molecular formula is C21H22N6. The Labute approximate surface area is 157 Å². The van der Waals surface area contributed by atoms with Crippen LogP contribution < -0.4 is 4.90 Å². The second-order valence-electron chi connectivity index (χ2n) is 7.36. The molecule has 27 heavy (non-hydrogen) atoms. The molecule has 4 heterocycles. The minimum Gasteiger partial charge on any atom is -0.371 e. The van der Waals surface area contributed by atoms with Crippen LogP contribution in [0.15, 0.2) is 42.5 Å². The summed E-state index contributed by atoms with van der Waals surface area (Å²) in [5, 5.41) is 14.6. The zero-order valence-corrected chi connectivity index (χ0v) is 15.6. The van der Waals surface area contributed by atoms with Crippen molar-refractivity contribution in [2.24, 2.45) is 0 Å². The van der Waals surface area contributed by atoms with Gasteiger partial charge in [-0.25, -0.2) is 0 Å². The molecule has 1 aliphatic rings. The first-order valence-corrected chi connectivity index (χ1v) is 9.49. The summed E-state index contributed by atoms with van der Waals surface area (Å²) in [5.74, 6) is 1.38. The van der Waals surface area contributed by atoms with Crippen molar-refractivity contribution in [2.45, 2.75) is 32.6 Å². The van der Waals surface area contributed by atoms with Crippen LogP contribution in [0, 0.1) is 13.8 Å². The fraction of sp³-hybridized carbons (Fsp3) is 0.333. The van der Waals surface area contributed by atoms with E-state index < -0.39 is 0 Å². The first kappa shape index (κ1) is 16.2. The fourth-order valence-electron chi connectivity index (χ4n) is 4.08. The minimum atomic E-state index is 0.389. The second-order valence-corrected chi connectivity index (χ2v) is 7.36. The number of para-hydroxylation sites is 1. The molecule has 1 aromatic carbocycles. The molecule has 0 bridgehead atoms. The normalized spacial score (nSPS) is 15.7. The Morgan fingerprint density at radius 1 is 0.926 bits per heavy atom. The molecule has 0 unspecified atom stereocenters. The first-order valence-electron chi connectivity index (χ1n) is 9.49. The van der Waals surface area contributed by atoms with Crippen LogP contribution in [0.2, 0.25) is 0 Å². The van der Waals surface area contributed by atoms with Crippen LogP contribution in [0.4, 0.5) is 5.69 Å². The lowest BCUT2D eigenvalue weighted by atomic mass is 9.95. The van der Waals surface area contributed by atoms with Gasteiger partial charge in [0, 0.05) is 35.8 Å². The van der Waals surface area contributed by atoms with Crippen molar-refractivity contribution in [3.63, 3.8) is 0 Å². The maximum absolute atomic E-state index is 4.67. The minimum absolute atomic E-state index is 0.389. The zero-order chi connectivity index (χ0) is 18.4. The topological polar surface area (TPSA) is 59.2 Å². The highest BCUT2D eigenvalue weighted by Crippen LogP contribution is 2.33. The molecular weight excluding hydrogens is 336 g/mol. The molecule has 6 nitrogen and oxygen atoms in total. The highest BCUT2D eigenvalue weighted by molar-refractivity contribution is 5.92. The van der Waals surface area contributed by atoms with Gasteiger partial charge in [0.05, 0.1) is 11.2 Å². The Balaban J connectivity index is 1.43.